The van der Waals surface area contributed by atoms with E-state index in [1.165, 1.54) is 22.3 Å². The van der Waals surface area contributed by atoms with Crippen molar-refractivity contribution in [3.8, 4) is 5.75 Å². The first-order chi connectivity index (χ1) is 16.6. The molecule has 204 valence electrons. The van der Waals surface area contributed by atoms with E-state index in [1.54, 1.807) is 0 Å². The molecule has 36 heavy (non-hydrogen) atoms. The van der Waals surface area contributed by atoms with Crippen molar-refractivity contribution in [2.45, 2.75) is 111 Å². The third kappa shape index (κ3) is 9.48. The molecule has 0 saturated carbocycles. The van der Waals surface area contributed by atoms with Crippen molar-refractivity contribution in [3.63, 3.8) is 0 Å². The van der Waals surface area contributed by atoms with Gasteiger partial charge in [0, 0.05) is 17.6 Å². The number of aliphatic hydroxyl groups is 1. The molecule has 2 N–H and O–H groups in total. The highest BCUT2D eigenvalue weighted by Gasteiger charge is 2.31. The molecule has 1 unspecified atom stereocenters. The Hall–Kier alpha value is -1.98. The summed E-state index contributed by atoms with van der Waals surface area (Å²) in [5.41, 5.74) is 6.32. The van der Waals surface area contributed by atoms with Crippen LogP contribution >= 0.6 is 11.8 Å². The van der Waals surface area contributed by atoms with Crippen LogP contribution < -0.4 is 4.74 Å². The maximum absolute atomic E-state index is 10.7. The SMILES string of the molecule is C.CC.CCC(CC)(c1ccc(CSC(C)C)c(C)c1)c1ccc(OCC(O)CCC(=O)O)c(C)c1. The number of carboxylic acids is 1. The van der Waals surface area contributed by atoms with Crippen LogP contribution in [-0.2, 0) is 16.0 Å². The lowest BCUT2D eigenvalue weighted by Gasteiger charge is -2.34. The number of carbonyl (C=O) groups is 1. The van der Waals surface area contributed by atoms with Crippen LogP contribution in [0.1, 0.15) is 102 Å². The number of hydrogen-bond acceptors (Lipinski definition) is 4. The first-order valence-electron chi connectivity index (χ1n) is 13.0. The summed E-state index contributed by atoms with van der Waals surface area (Å²) in [6, 6.07) is 13.3. The molecule has 0 aliphatic carbocycles. The minimum atomic E-state index is -0.910. The van der Waals surface area contributed by atoms with Gasteiger partial charge in [0.25, 0.3) is 0 Å². The smallest absolute Gasteiger partial charge is 0.303 e. The van der Waals surface area contributed by atoms with Gasteiger partial charge in [-0.15, -0.1) is 0 Å². The summed E-state index contributed by atoms with van der Waals surface area (Å²) in [4.78, 5) is 10.7. The molecule has 0 amide bonds. The zero-order valence-electron chi connectivity index (χ0n) is 23.0. The third-order valence-corrected chi connectivity index (χ3v) is 7.67. The van der Waals surface area contributed by atoms with E-state index in [4.69, 9.17) is 9.84 Å². The molecule has 5 heteroatoms. The van der Waals surface area contributed by atoms with E-state index in [1.807, 2.05) is 38.6 Å². The topological polar surface area (TPSA) is 66.8 Å². The Labute approximate surface area is 224 Å². The molecule has 2 aromatic rings. The Balaban J connectivity index is 0.00000398. The number of ether oxygens (including phenoxy) is 1. The van der Waals surface area contributed by atoms with Gasteiger partial charge in [0.05, 0.1) is 6.10 Å². The zero-order chi connectivity index (χ0) is 26.6. The summed E-state index contributed by atoms with van der Waals surface area (Å²) < 4.78 is 5.81. The molecule has 1 atom stereocenters. The highest BCUT2D eigenvalue weighted by molar-refractivity contribution is 7.99. The zero-order valence-corrected chi connectivity index (χ0v) is 23.8. The maximum Gasteiger partial charge on any atom is 0.303 e. The van der Waals surface area contributed by atoms with Crippen molar-refractivity contribution in [2.24, 2.45) is 0 Å². The molecular weight excluding hydrogens is 468 g/mol. The van der Waals surface area contributed by atoms with Crippen LogP contribution in [0, 0.1) is 13.8 Å². The number of thioether (sulfide) groups is 1. The van der Waals surface area contributed by atoms with Crippen LogP contribution in [-0.4, -0.2) is 34.1 Å². The van der Waals surface area contributed by atoms with Crippen molar-refractivity contribution < 1.29 is 19.7 Å². The molecule has 0 aliphatic heterocycles. The van der Waals surface area contributed by atoms with Crippen molar-refractivity contribution in [3.05, 3.63) is 64.2 Å². The Kier molecular flexibility index (Phi) is 15.8. The normalized spacial score (nSPS) is 11.8. The van der Waals surface area contributed by atoms with E-state index < -0.39 is 12.1 Å². The minimum absolute atomic E-state index is 0. The van der Waals surface area contributed by atoms with Crippen LogP contribution in [0.2, 0.25) is 0 Å². The summed E-state index contributed by atoms with van der Waals surface area (Å²) in [5.74, 6) is 0.858. The van der Waals surface area contributed by atoms with E-state index in [0.717, 1.165) is 29.9 Å². The monoisotopic (exact) mass is 518 g/mol. The third-order valence-electron chi connectivity index (χ3n) is 6.52. The number of hydrogen-bond donors (Lipinski definition) is 2. The lowest BCUT2D eigenvalue weighted by atomic mass is 9.70. The Morgan fingerprint density at radius 2 is 1.56 bits per heavy atom. The van der Waals surface area contributed by atoms with Crippen LogP contribution in [0.4, 0.5) is 0 Å². The molecule has 2 aromatic carbocycles. The standard InChI is InChI=1S/C28H40O4S.C2H6.CH4/c1-7-28(8-2,23-10-9-22(20(5)15-23)18-33-19(3)4)24-11-13-26(21(6)16-24)32-17-25(29)12-14-27(30)31;1-2;/h9-11,13,15-16,19,25,29H,7-8,12,14,17-18H2,1-6H3,(H,30,31);1-2H3;1H4. The lowest BCUT2D eigenvalue weighted by Crippen LogP contribution is -2.26. The average molecular weight is 519 g/mol. The number of aliphatic carboxylic acids is 1. The number of rotatable bonds is 13. The first-order valence-corrected chi connectivity index (χ1v) is 14.0. The summed E-state index contributed by atoms with van der Waals surface area (Å²) in [5, 5.41) is 19.4. The second kappa shape index (κ2) is 16.7. The molecule has 0 saturated heterocycles. The van der Waals surface area contributed by atoms with Gasteiger partial charge in [-0.3, -0.25) is 4.79 Å². The van der Waals surface area contributed by atoms with E-state index in [2.05, 4.69) is 65.0 Å². The molecule has 0 aromatic heterocycles. The van der Waals surface area contributed by atoms with Crippen LogP contribution in [0.25, 0.3) is 0 Å². The predicted octanol–water partition coefficient (Wildman–Crippen LogP) is 8.32. The van der Waals surface area contributed by atoms with Crippen molar-refractivity contribution >= 4 is 17.7 Å². The summed E-state index contributed by atoms with van der Waals surface area (Å²) in [6.07, 6.45) is 1.33. The Morgan fingerprint density at radius 1 is 1.00 bits per heavy atom. The van der Waals surface area contributed by atoms with Crippen molar-refractivity contribution in [1.29, 1.82) is 0 Å². The van der Waals surface area contributed by atoms with E-state index in [9.17, 15) is 9.90 Å². The minimum Gasteiger partial charge on any atom is -0.491 e. The molecule has 0 heterocycles. The molecule has 0 bridgehead atoms. The molecule has 0 radical (unpaired) electrons. The summed E-state index contributed by atoms with van der Waals surface area (Å²) >= 11 is 1.97. The number of carboxylic acid groups (broad SMARTS) is 1. The first kappa shape index (κ1) is 34.0. The van der Waals surface area contributed by atoms with Gasteiger partial charge in [0.15, 0.2) is 0 Å². The predicted molar refractivity (Wildman–Crippen MR) is 157 cm³/mol. The highest BCUT2D eigenvalue weighted by Crippen LogP contribution is 2.41. The largest absolute Gasteiger partial charge is 0.491 e. The van der Waals surface area contributed by atoms with Crippen LogP contribution in [0.3, 0.4) is 0 Å². The van der Waals surface area contributed by atoms with Gasteiger partial charge >= 0.3 is 5.97 Å². The maximum atomic E-state index is 10.7. The number of aliphatic hydroxyl groups excluding tert-OH is 1. The lowest BCUT2D eigenvalue weighted by molar-refractivity contribution is -0.137. The molecule has 4 nitrogen and oxygen atoms in total. The van der Waals surface area contributed by atoms with E-state index in [-0.39, 0.29) is 32.3 Å². The Bertz CT molecular complexity index is 919. The second-order valence-corrected chi connectivity index (χ2v) is 10.7. The highest BCUT2D eigenvalue weighted by atomic mass is 32.2. The molecule has 2 rings (SSSR count). The van der Waals surface area contributed by atoms with Gasteiger partial charge in [-0.25, -0.2) is 0 Å². The Morgan fingerprint density at radius 3 is 2.03 bits per heavy atom. The van der Waals surface area contributed by atoms with E-state index in [0.29, 0.717) is 5.25 Å². The van der Waals surface area contributed by atoms with Gasteiger partial charge in [-0.05, 0) is 72.2 Å². The average Bonchev–Trinajstić information content (AvgIpc) is 2.84. The number of aryl methyl sites for hydroxylation is 2. The van der Waals surface area contributed by atoms with Crippen molar-refractivity contribution in [2.75, 3.05) is 6.61 Å². The van der Waals surface area contributed by atoms with Gasteiger partial charge in [0.1, 0.15) is 12.4 Å². The van der Waals surface area contributed by atoms with Gasteiger partial charge in [0.2, 0.25) is 0 Å². The summed E-state index contributed by atoms with van der Waals surface area (Å²) in [7, 11) is 0. The van der Waals surface area contributed by atoms with Crippen molar-refractivity contribution in [1.82, 2.24) is 0 Å². The van der Waals surface area contributed by atoms with Gasteiger partial charge in [-0.1, -0.05) is 79.3 Å². The fourth-order valence-electron chi connectivity index (χ4n) is 4.31. The van der Waals surface area contributed by atoms with Crippen LogP contribution in [0.15, 0.2) is 36.4 Å². The molecular formula is C31H50O4S. The van der Waals surface area contributed by atoms with E-state index >= 15 is 0 Å². The molecule has 0 aliphatic rings. The second-order valence-electron chi connectivity index (χ2n) is 9.17. The number of benzene rings is 2. The molecule has 0 fully saturated rings. The fourth-order valence-corrected chi connectivity index (χ4v) is 5.15. The summed E-state index contributed by atoms with van der Waals surface area (Å²) in [6.45, 7) is 17.3. The van der Waals surface area contributed by atoms with Gasteiger partial charge in [-0.2, -0.15) is 11.8 Å². The van der Waals surface area contributed by atoms with Crippen LogP contribution in [0.5, 0.6) is 5.75 Å². The fraction of sp³-hybridized carbons (Fsp3) is 0.581. The van der Waals surface area contributed by atoms with Gasteiger partial charge < -0.3 is 14.9 Å². The quantitative estimate of drug-likeness (QED) is 0.279. The molecule has 0 spiro atoms.